The molecule has 1 aromatic carbocycles. The maximum atomic E-state index is 6.01. The van der Waals surface area contributed by atoms with E-state index in [-0.39, 0.29) is 0 Å². The number of fused-ring (bicyclic) bond motifs is 1. The van der Waals surface area contributed by atoms with Gasteiger partial charge in [0.05, 0.1) is 6.10 Å². The summed E-state index contributed by atoms with van der Waals surface area (Å²) >= 11 is 0. The van der Waals surface area contributed by atoms with Crippen LogP contribution < -0.4 is 10.5 Å². The number of nitrogens with two attached hydrogens (primary N) is 1. The van der Waals surface area contributed by atoms with E-state index >= 15 is 0 Å². The average Bonchev–Trinajstić information content (AvgIpc) is 2.79. The summed E-state index contributed by atoms with van der Waals surface area (Å²) in [5.74, 6) is 2.96. The van der Waals surface area contributed by atoms with E-state index in [0.29, 0.717) is 6.10 Å². The van der Waals surface area contributed by atoms with E-state index in [1.807, 2.05) is 18.2 Å². The van der Waals surface area contributed by atoms with Crippen molar-refractivity contribution in [1.82, 2.24) is 0 Å². The summed E-state index contributed by atoms with van der Waals surface area (Å²) in [4.78, 5) is 0. The molecule has 15 heavy (non-hydrogen) atoms. The first-order chi connectivity index (χ1) is 7.22. The Bertz CT molecular complexity index is 378. The molecule has 80 valence electrons. The van der Waals surface area contributed by atoms with Crippen LogP contribution in [0.4, 0.5) is 5.69 Å². The molecule has 2 heteroatoms. The predicted molar refractivity (Wildman–Crippen MR) is 60.8 cm³/mol. The fourth-order valence-corrected chi connectivity index (χ4v) is 2.74. The lowest BCUT2D eigenvalue weighted by molar-refractivity contribution is 0.193. The summed E-state index contributed by atoms with van der Waals surface area (Å²) in [6, 6.07) is 5.89. The highest BCUT2D eigenvalue weighted by molar-refractivity contribution is 5.47. The van der Waals surface area contributed by atoms with Crippen LogP contribution in [-0.4, -0.2) is 6.10 Å². The fraction of sp³-hybridized carbons (Fsp3) is 0.538. The van der Waals surface area contributed by atoms with Gasteiger partial charge in [-0.15, -0.1) is 0 Å². The lowest BCUT2D eigenvalue weighted by atomic mass is 10.2. The van der Waals surface area contributed by atoms with E-state index in [1.165, 1.54) is 19.3 Å². The molecule has 3 rings (SSSR count). The number of ether oxygens (including phenoxy) is 1. The van der Waals surface area contributed by atoms with Gasteiger partial charge in [0, 0.05) is 5.69 Å². The summed E-state index contributed by atoms with van der Waals surface area (Å²) in [5.41, 5.74) is 7.67. The molecule has 2 aliphatic rings. The van der Waals surface area contributed by atoms with Crippen molar-refractivity contribution < 1.29 is 4.74 Å². The molecule has 0 radical (unpaired) electrons. The van der Waals surface area contributed by atoms with Gasteiger partial charge >= 0.3 is 0 Å². The molecule has 2 N–H and O–H groups in total. The van der Waals surface area contributed by atoms with Crippen molar-refractivity contribution in [2.75, 3.05) is 5.73 Å². The number of nitrogen functional groups attached to an aromatic ring is 1. The van der Waals surface area contributed by atoms with Crippen molar-refractivity contribution in [3.63, 3.8) is 0 Å². The monoisotopic (exact) mass is 203 g/mol. The van der Waals surface area contributed by atoms with Crippen LogP contribution in [-0.2, 0) is 0 Å². The Hall–Kier alpha value is -1.18. The van der Waals surface area contributed by atoms with Crippen LogP contribution in [0.3, 0.4) is 0 Å². The van der Waals surface area contributed by atoms with Gasteiger partial charge in [0.25, 0.3) is 0 Å². The molecule has 0 amide bonds. The number of aryl methyl sites for hydroxylation is 1. The average molecular weight is 203 g/mol. The number of hydrogen-bond acceptors (Lipinski definition) is 2. The van der Waals surface area contributed by atoms with Crippen molar-refractivity contribution in [1.29, 1.82) is 0 Å². The molecular formula is C13H17NO. The number of rotatable bonds is 2. The second-order valence-electron chi connectivity index (χ2n) is 4.99. The minimum Gasteiger partial charge on any atom is -0.490 e. The molecule has 2 fully saturated rings. The quantitative estimate of drug-likeness (QED) is 0.750. The molecule has 0 aromatic heterocycles. The zero-order chi connectivity index (χ0) is 10.4. The van der Waals surface area contributed by atoms with Crippen molar-refractivity contribution in [3.8, 4) is 5.75 Å². The number of benzene rings is 1. The summed E-state index contributed by atoms with van der Waals surface area (Å²) in [6.45, 7) is 2.06. The van der Waals surface area contributed by atoms with E-state index in [2.05, 4.69) is 6.92 Å². The van der Waals surface area contributed by atoms with E-state index < -0.39 is 0 Å². The van der Waals surface area contributed by atoms with Crippen LogP contribution in [0.25, 0.3) is 0 Å². The van der Waals surface area contributed by atoms with Crippen molar-refractivity contribution >= 4 is 5.69 Å². The molecule has 0 saturated heterocycles. The standard InChI is InChI=1S/C13H17NO/c1-8-4-11(14)2-3-13(8)15-12-6-9-5-10(9)7-12/h2-4,9-10,12H,5-7,14H2,1H3/t9-,10?,12?/m1/s1. The first-order valence-electron chi connectivity index (χ1n) is 5.75. The summed E-state index contributed by atoms with van der Waals surface area (Å²) in [5, 5.41) is 0. The van der Waals surface area contributed by atoms with Gasteiger partial charge in [-0.1, -0.05) is 0 Å². The van der Waals surface area contributed by atoms with Crippen LogP contribution in [0, 0.1) is 18.8 Å². The number of hydrogen-bond donors (Lipinski definition) is 1. The molecule has 0 aliphatic heterocycles. The molecule has 2 aliphatic carbocycles. The summed E-state index contributed by atoms with van der Waals surface area (Å²) < 4.78 is 6.01. The van der Waals surface area contributed by atoms with Gasteiger partial charge in [-0.2, -0.15) is 0 Å². The zero-order valence-electron chi connectivity index (χ0n) is 9.07. The molecular weight excluding hydrogens is 186 g/mol. The van der Waals surface area contributed by atoms with Gasteiger partial charge in [-0.25, -0.2) is 0 Å². The van der Waals surface area contributed by atoms with Crippen molar-refractivity contribution in [2.45, 2.75) is 32.3 Å². The largest absolute Gasteiger partial charge is 0.490 e. The van der Waals surface area contributed by atoms with E-state index in [0.717, 1.165) is 28.8 Å². The molecule has 3 atom stereocenters. The third kappa shape index (κ3) is 1.69. The van der Waals surface area contributed by atoms with Gasteiger partial charge in [0.1, 0.15) is 5.75 Å². The Morgan fingerprint density at radius 2 is 1.93 bits per heavy atom. The van der Waals surface area contributed by atoms with Crippen LogP contribution in [0.5, 0.6) is 5.75 Å². The molecule has 1 aromatic rings. The minimum atomic E-state index is 0.455. The van der Waals surface area contributed by atoms with E-state index in [1.54, 1.807) is 0 Å². The second-order valence-corrected chi connectivity index (χ2v) is 4.99. The van der Waals surface area contributed by atoms with Crippen LogP contribution in [0.15, 0.2) is 18.2 Å². The van der Waals surface area contributed by atoms with E-state index in [4.69, 9.17) is 10.5 Å². The lowest BCUT2D eigenvalue weighted by Crippen LogP contribution is -2.14. The maximum Gasteiger partial charge on any atom is 0.122 e. The topological polar surface area (TPSA) is 35.2 Å². The highest BCUT2D eigenvalue weighted by Gasteiger charge is 2.46. The Balaban J connectivity index is 1.71. The summed E-state index contributed by atoms with van der Waals surface area (Å²) in [6.07, 6.45) is 4.42. The Morgan fingerprint density at radius 3 is 2.60 bits per heavy atom. The van der Waals surface area contributed by atoms with E-state index in [9.17, 15) is 0 Å². The SMILES string of the molecule is Cc1cc(N)ccc1OC1CC2C[C@@H]2C1. The van der Waals surface area contributed by atoms with Gasteiger partial charge in [0.15, 0.2) is 0 Å². The molecule has 2 saturated carbocycles. The van der Waals surface area contributed by atoms with Crippen molar-refractivity contribution in [2.24, 2.45) is 11.8 Å². The Morgan fingerprint density at radius 1 is 1.20 bits per heavy atom. The normalized spacial score (nSPS) is 32.5. The maximum absolute atomic E-state index is 6.01. The fourth-order valence-electron chi connectivity index (χ4n) is 2.74. The molecule has 0 spiro atoms. The van der Waals surface area contributed by atoms with Gasteiger partial charge in [-0.05, 0) is 61.8 Å². The number of anilines is 1. The molecule has 2 unspecified atom stereocenters. The Labute approximate surface area is 90.4 Å². The predicted octanol–water partition coefficient (Wildman–Crippen LogP) is 2.75. The van der Waals surface area contributed by atoms with Crippen molar-refractivity contribution in [3.05, 3.63) is 23.8 Å². The first kappa shape index (κ1) is 9.08. The highest BCUT2D eigenvalue weighted by atomic mass is 16.5. The first-order valence-corrected chi connectivity index (χ1v) is 5.75. The Kier molecular flexibility index (Phi) is 1.91. The van der Waals surface area contributed by atoms with Gasteiger partial charge < -0.3 is 10.5 Å². The zero-order valence-corrected chi connectivity index (χ0v) is 9.07. The van der Waals surface area contributed by atoms with Gasteiger partial charge in [0.2, 0.25) is 0 Å². The second kappa shape index (κ2) is 3.16. The minimum absolute atomic E-state index is 0.455. The smallest absolute Gasteiger partial charge is 0.122 e. The van der Waals surface area contributed by atoms with Crippen LogP contribution in [0.2, 0.25) is 0 Å². The molecule has 0 bridgehead atoms. The third-order valence-electron chi connectivity index (χ3n) is 3.69. The van der Waals surface area contributed by atoms with Gasteiger partial charge in [-0.3, -0.25) is 0 Å². The third-order valence-corrected chi connectivity index (χ3v) is 3.69. The molecule has 0 heterocycles. The van der Waals surface area contributed by atoms with Crippen LogP contribution >= 0.6 is 0 Å². The summed E-state index contributed by atoms with van der Waals surface area (Å²) in [7, 11) is 0. The highest BCUT2D eigenvalue weighted by Crippen LogP contribution is 2.52. The molecule has 2 nitrogen and oxygen atoms in total. The van der Waals surface area contributed by atoms with Crippen LogP contribution in [0.1, 0.15) is 24.8 Å². The lowest BCUT2D eigenvalue weighted by Gasteiger charge is -2.17.